The zero-order valence-electron chi connectivity index (χ0n) is 37.0. The fraction of sp³-hybridized carbons (Fsp3) is 0.846. The van der Waals surface area contributed by atoms with Gasteiger partial charge in [-0.2, -0.15) is 0 Å². The summed E-state index contributed by atoms with van der Waals surface area (Å²) in [4.78, 5) is 85.5. The van der Waals surface area contributed by atoms with Crippen LogP contribution >= 0.6 is 0 Å². The summed E-state index contributed by atoms with van der Waals surface area (Å²) in [5.74, 6) is -5.61. The van der Waals surface area contributed by atoms with Gasteiger partial charge in [0.25, 0.3) is 0 Å². The van der Waals surface area contributed by atoms with Crippen LogP contribution in [0.3, 0.4) is 0 Å². The summed E-state index contributed by atoms with van der Waals surface area (Å²) < 4.78 is 18.6. The first kappa shape index (κ1) is 49.0. The Morgan fingerprint density at radius 1 is 0.696 bits per heavy atom. The Labute approximate surface area is 335 Å². The van der Waals surface area contributed by atoms with E-state index in [0.717, 1.165) is 4.90 Å². The smallest absolute Gasteiger partial charge is 0.329 e. The van der Waals surface area contributed by atoms with Crippen molar-refractivity contribution >= 4 is 43.8 Å². The van der Waals surface area contributed by atoms with Gasteiger partial charge in [-0.15, -0.1) is 0 Å². The van der Waals surface area contributed by atoms with Crippen LogP contribution in [0.1, 0.15) is 111 Å². The van der Waals surface area contributed by atoms with E-state index in [2.05, 4.69) is 36.7 Å². The van der Waals surface area contributed by atoms with Crippen LogP contribution < -0.4 is 21.7 Å². The minimum atomic E-state index is -2.45. The molecule has 0 aliphatic carbocycles. The van der Waals surface area contributed by atoms with Gasteiger partial charge in [-0.25, -0.2) is 4.79 Å². The van der Waals surface area contributed by atoms with Crippen LogP contribution in [-0.4, -0.2) is 125 Å². The fourth-order valence-electron chi connectivity index (χ4n) is 7.15. The second-order valence-corrected chi connectivity index (χ2v) is 23.7. The Hall–Kier alpha value is -3.12. The number of carboxylic acids is 1. The molecule has 0 aromatic carbocycles. The first-order chi connectivity index (χ1) is 25.2. The van der Waals surface area contributed by atoms with E-state index in [1.807, 2.05) is 13.1 Å². The summed E-state index contributed by atoms with van der Waals surface area (Å²) >= 11 is 0. The Morgan fingerprint density at radius 2 is 1.09 bits per heavy atom. The number of nitrogens with one attached hydrogen (secondary N) is 3. The van der Waals surface area contributed by atoms with Crippen molar-refractivity contribution < 1.29 is 47.8 Å². The average Bonchev–Trinajstić information content (AvgIpc) is 3.43. The molecule has 0 saturated carbocycles. The molecule has 2 aliphatic heterocycles. The van der Waals surface area contributed by atoms with E-state index in [1.165, 1.54) is 4.90 Å². The third-order valence-electron chi connectivity index (χ3n) is 11.4. The first-order valence-electron chi connectivity index (χ1n) is 19.8. The Kier molecular flexibility index (Phi) is 15.6. The molecule has 0 radical (unpaired) electrons. The second kappa shape index (κ2) is 17.8. The van der Waals surface area contributed by atoms with Crippen molar-refractivity contribution in [1.82, 2.24) is 25.8 Å². The summed E-state index contributed by atoms with van der Waals surface area (Å²) in [6, 6.07) is -7.03. The number of nitrogens with two attached hydrogens (primary N) is 1. The number of carbonyl (C=O) groups is 6. The molecule has 9 atom stereocenters. The number of ether oxygens (including phenoxy) is 2. The van der Waals surface area contributed by atoms with E-state index in [1.54, 1.807) is 90.0 Å². The molecule has 0 aromatic heterocycles. The molecule has 2 rings (SSSR count). The molecular formula is C39H72N6O10Si. The molecule has 0 spiro atoms. The molecule has 0 aromatic rings. The highest BCUT2D eigenvalue weighted by molar-refractivity contribution is 6.74. The van der Waals surface area contributed by atoms with E-state index in [4.69, 9.17) is 19.6 Å². The maximum Gasteiger partial charge on any atom is 0.329 e. The van der Waals surface area contributed by atoms with Gasteiger partial charge in [0, 0.05) is 0 Å². The van der Waals surface area contributed by atoms with Crippen molar-refractivity contribution in [2.45, 2.75) is 195 Å². The molecule has 5 amide bonds. The monoisotopic (exact) mass is 813 g/mol. The van der Waals surface area contributed by atoms with Crippen molar-refractivity contribution in [3.05, 3.63) is 0 Å². The number of hydrogen-bond acceptors (Lipinski definition) is 10. The third kappa shape index (κ3) is 10.7. The van der Waals surface area contributed by atoms with E-state index in [9.17, 15) is 33.9 Å². The number of carboxylic acid groups (broad SMARTS) is 1. The number of hydrogen-bond donors (Lipinski definition) is 5. The number of nitrogens with zero attached hydrogens (tertiary/aromatic N) is 2. The van der Waals surface area contributed by atoms with Crippen LogP contribution in [0.4, 0.5) is 0 Å². The van der Waals surface area contributed by atoms with E-state index in [0.29, 0.717) is 0 Å². The molecule has 16 nitrogen and oxygen atoms in total. The number of aliphatic carboxylic acids is 1. The summed E-state index contributed by atoms with van der Waals surface area (Å²) in [7, 11) is -2.45. The molecule has 0 unspecified atom stereocenters. The van der Waals surface area contributed by atoms with Gasteiger partial charge in [-0.05, 0) is 84.4 Å². The third-order valence-corrected chi connectivity index (χ3v) is 15.9. The molecule has 322 valence electrons. The Bertz CT molecular complexity index is 1480. The van der Waals surface area contributed by atoms with Crippen LogP contribution in [0, 0.1) is 17.8 Å². The molecule has 2 saturated heterocycles. The lowest BCUT2D eigenvalue weighted by Crippen LogP contribution is -2.65. The second-order valence-electron chi connectivity index (χ2n) is 19.0. The van der Waals surface area contributed by atoms with E-state index in [-0.39, 0.29) is 11.0 Å². The highest BCUT2D eigenvalue weighted by Crippen LogP contribution is 2.38. The summed E-state index contributed by atoms with van der Waals surface area (Å²) in [5.41, 5.74) is 3.56. The predicted octanol–water partition coefficient (Wildman–Crippen LogP) is 2.94. The molecule has 56 heavy (non-hydrogen) atoms. The Balaban J connectivity index is 2.52. The van der Waals surface area contributed by atoms with Gasteiger partial charge >= 0.3 is 5.97 Å². The van der Waals surface area contributed by atoms with Gasteiger partial charge in [0.1, 0.15) is 35.6 Å². The van der Waals surface area contributed by atoms with Gasteiger partial charge in [-0.3, -0.25) is 33.8 Å². The van der Waals surface area contributed by atoms with Crippen LogP contribution in [0.5, 0.6) is 0 Å². The van der Waals surface area contributed by atoms with E-state index < -0.39 is 122 Å². The van der Waals surface area contributed by atoms with Crippen molar-refractivity contribution in [1.29, 1.82) is 0 Å². The predicted molar refractivity (Wildman–Crippen MR) is 214 cm³/mol. The summed E-state index contributed by atoms with van der Waals surface area (Å²) in [6.45, 7) is 32.1. The minimum Gasteiger partial charge on any atom is -0.480 e. The SMILES string of the molecule is CC(C)[C@H](N)C(=O)N[C@H](C(=O)N[C@H](C(=O)N1[C@H](C(=O)N[C@H](C(=O)N2[C@H](C(=O)O)[C@@H](C)OC2(C)C)C(C)C)[C@@H](C)OC1(C)C)C(C)C)[C@@H](C)O[Si](C)(C)C(C)(C)C. The molecule has 0 bridgehead atoms. The minimum absolute atomic E-state index is 0.210. The summed E-state index contributed by atoms with van der Waals surface area (Å²) in [5, 5.41) is 18.2. The van der Waals surface area contributed by atoms with Crippen molar-refractivity contribution in [2.75, 3.05) is 0 Å². The van der Waals surface area contributed by atoms with Gasteiger partial charge in [0.2, 0.25) is 29.5 Å². The number of rotatable bonds is 15. The normalized spacial score (nSPS) is 25.1. The average molecular weight is 813 g/mol. The standard InChI is InChI=1S/C39H72N6O10Si/c1-19(2)25(40)31(46)43-28(22(7)55-56(17,18)37(10,11)12)32(47)41-26(20(3)4)34(49)44-29(23(8)53-38(44,13)14)33(48)42-27(21(5)6)35(50)45-30(36(51)52)24(9)54-39(45,15)16/h19-30H,40H2,1-18H3,(H,41,47)(H,42,48)(H,43,46)(H,51,52)/t22-,23-,24-,25+,26+,27+,28+,29+,30+/m1/s1. The molecule has 6 N–H and O–H groups in total. The lowest BCUT2D eigenvalue weighted by atomic mass is 9.97. The molecule has 2 fully saturated rings. The number of amides is 5. The fourth-order valence-corrected chi connectivity index (χ4v) is 8.57. The molecule has 2 heterocycles. The lowest BCUT2D eigenvalue weighted by Gasteiger charge is -2.41. The van der Waals surface area contributed by atoms with Crippen LogP contribution in [0.25, 0.3) is 0 Å². The molecular weight excluding hydrogens is 741 g/mol. The number of carbonyl (C=O) groups excluding carboxylic acids is 5. The first-order valence-corrected chi connectivity index (χ1v) is 22.7. The van der Waals surface area contributed by atoms with Crippen molar-refractivity contribution in [3.8, 4) is 0 Å². The highest BCUT2D eigenvalue weighted by Gasteiger charge is 2.56. The summed E-state index contributed by atoms with van der Waals surface area (Å²) in [6.07, 6.45) is -2.45. The largest absolute Gasteiger partial charge is 0.480 e. The molecule has 2 aliphatic rings. The van der Waals surface area contributed by atoms with Crippen molar-refractivity contribution in [3.63, 3.8) is 0 Å². The highest BCUT2D eigenvalue weighted by atomic mass is 28.4. The van der Waals surface area contributed by atoms with Crippen LogP contribution in [-0.2, 0) is 42.7 Å². The molecule has 17 heteroatoms. The lowest BCUT2D eigenvalue weighted by molar-refractivity contribution is -0.159. The van der Waals surface area contributed by atoms with Gasteiger partial charge < -0.3 is 40.7 Å². The zero-order chi connectivity index (χ0) is 43.8. The Morgan fingerprint density at radius 3 is 1.48 bits per heavy atom. The maximum absolute atomic E-state index is 14.7. The quantitative estimate of drug-likeness (QED) is 0.152. The van der Waals surface area contributed by atoms with Gasteiger partial charge in [0.15, 0.2) is 14.4 Å². The van der Waals surface area contributed by atoms with Gasteiger partial charge in [-0.1, -0.05) is 62.3 Å². The zero-order valence-corrected chi connectivity index (χ0v) is 38.0. The topological polar surface area (TPSA) is 219 Å². The van der Waals surface area contributed by atoms with Gasteiger partial charge in [0.05, 0.1) is 24.4 Å². The van der Waals surface area contributed by atoms with Crippen molar-refractivity contribution in [2.24, 2.45) is 23.5 Å². The maximum atomic E-state index is 14.7. The van der Waals surface area contributed by atoms with Crippen LogP contribution in [0.15, 0.2) is 0 Å². The van der Waals surface area contributed by atoms with E-state index >= 15 is 0 Å². The van der Waals surface area contributed by atoms with Crippen LogP contribution in [0.2, 0.25) is 18.1 Å².